The second kappa shape index (κ2) is 4.31. The van der Waals surface area contributed by atoms with Crippen molar-refractivity contribution >= 4 is 11.6 Å². The van der Waals surface area contributed by atoms with Gasteiger partial charge in [-0.1, -0.05) is 29.8 Å². The van der Waals surface area contributed by atoms with E-state index in [0.29, 0.717) is 5.75 Å². The molecule has 0 fully saturated rings. The molecule has 1 aromatic carbocycles. The summed E-state index contributed by atoms with van der Waals surface area (Å²) in [7, 11) is 0. The third-order valence-corrected chi connectivity index (χ3v) is 3.62. The minimum Gasteiger partial charge on any atom is -0.470 e. The Morgan fingerprint density at radius 3 is 3.06 bits per heavy atom. The summed E-state index contributed by atoms with van der Waals surface area (Å²) in [5.74, 6) is -0.0563. The van der Waals surface area contributed by atoms with E-state index in [1.54, 1.807) is 6.07 Å². The maximum absolute atomic E-state index is 13.6. The van der Waals surface area contributed by atoms with E-state index in [9.17, 15) is 4.39 Å². The Morgan fingerprint density at radius 2 is 2.29 bits per heavy atom. The third kappa shape index (κ3) is 1.83. The molecule has 0 saturated carbocycles. The van der Waals surface area contributed by atoms with Gasteiger partial charge in [0.05, 0.1) is 5.92 Å². The lowest BCUT2D eigenvalue weighted by Crippen LogP contribution is -2.27. The number of halogens is 2. The zero-order valence-corrected chi connectivity index (χ0v) is 10.0. The summed E-state index contributed by atoms with van der Waals surface area (Å²) in [6, 6.07) is 5.00. The van der Waals surface area contributed by atoms with Crippen molar-refractivity contribution in [3.8, 4) is 5.75 Å². The number of alkyl halides is 1. The van der Waals surface area contributed by atoms with Crippen LogP contribution in [0.4, 0.5) is 4.39 Å². The van der Waals surface area contributed by atoms with Crippen LogP contribution < -0.4 is 10.1 Å². The average Bonchev–Trinajstić information content (AvgIpc) is 2.68. The van der Waals surface area contributed by atoms with Crippen molar-refractivity contribution in [1.82, 2.24) is 5.32 Å². The minimum atomic E-state index is -0.506. The molecule has 2 unspecified atom stereocenters. The second-order valence-electron chi connectivity index (χ2n) is 4.35. The molecule has 1 aromatic rings. The van der Waals surface area contributed by atoms with Gasteiger partial charge in [0.2, 0.25) is 0 Å². The fourth-order valence-corrected chi connectivity index (χ4v) is 2.87. The standard InChI is InChI=1S/C13H13ClFNO/c14-13-11(8-3-2-6-16-7-8)9-4-1-5-10(15)12(9)17-13/h1,3-5,11,13,16H,2,6-7H2. The first-order chi connectivity index (χ1) is 8.27. The largest absolute Gasteiger partial charge is 0.470 e. The van der Waals surface area contributed by atoms with Crippen molar-refractivity contribution in [3.63, 3.8) is 0 Å². The van der Waals surface area contributed by atoms with Crippen LogP contribution in [0.2, 0.25) is 0 Å². The van der Waals surface area contributed by atoms with Gasteiger partial charge in [-0.25, -0.2) is 4.39 Å². The molecule has 2 atom stereocenters. The second-order valence-corrected chi connectivity index (χ2v) is 4.78. The van der Waals surface area contributed by atoms with Gasteiger partial charge in [-0.05, 0) is 24.6 Å². The number of hydrogen-bond acceptors (Lipinski definition) is 2. The molecule has 0 aliphatic carbocycles. The number of nitrogens with one attached hydrogen (secondary N) is 1. The quantitative estimate of drug-likeness (QED) is 0.614. The number of ether oxygens (including phenoxy) is 1. The van der Waals surface area contributed by atoms with E-state index in [1.807, 2.05) is 6.07 Å². The smallest absolute Gasteiger partial charge is 0.183 e. The molecule has 0 spiro atoms. The van der Waals surface area contributed by atoms with Gasteiger partial charge in [0.25, 0.3) is 0 Å². The van der Waals surface area contributed by atoms with Gasteiger partial charge in [0, 0.05) is 12.1 Å². The summed E-state index contributed by atoms with van der Waals surface area (Å²) in [6.07, 6.45) is 3.17. The van der Waals surface area contributed by atoms with E-state index in [0.717, 1.165) is 25.1 Å². The third-order valence-electron chi connectivity index (χ3n) is 3.28. The molecule has 90 valence electrons. The highest BCUT2D eigenvalue weighted by molar-refractivity contribution is 6.21. The molecule has 2 heterocycles. The number of hydrogen-bond donors (Lipinski definition) is 1. The van der Waals surface area contributed by atoms with E-state index in [1.165, 1.54) is 11.6 Å². The first-order valence-electron chi connectivity index (χ1n) is 5.76. The van der Waals surface area contributed by atoms with E-state index >= 15 is 0 Å². The maximum Gasteiger partial charge on any atom is 0.183 e. The summed E-state index contributed by atoms with van der Waals surface area (Å²) >= 11 is 6.19. The van der Waals surface area contributed by atoms with Gasteiger partial charge < -0.3 is 10.1 Å². The van der Waals surface area contributed by atoms with Crippen molar-refractivity contribution in [1.29, 1.82) is 0 Å². The van der Waals surface area contributed by atoms with Crippen molar-refractivity contribution in [2.24, 2.45) is 0 Å². The normalized spacial score (nSPS) is 27.3. The lowest BCUT2D eigenvalue weighted by molar-refractivity contribution is 0.286. The van der Waals surface area contributed by atoms with Crippen LogP contribution in [-0.2, 0) is 0 Å². The van der Waals surface area contributed by atoms with Gasteiger partial charge in [0.15, 0.2) is 17.1 Å². The van der Waals surface area contributed by atoms with Crippen molar-refractivity contribution in [3.05, 3.63) is 41.2 Å². The molecule has 0 radical (unpaired) electrons. The Kier molecular flexibility index (Phi) is 2.81. The number of rotatable bonds is 1. The van der Waals surface area contributed by atoms with E-state index in [2.05, 4.69) is 11.4 Å². The maximum atomic E-state index is 13.6. The molecule has 2 aliphatic rings. The van der Waals surface area contributed by atoms with Crippen LogP contribution in [0.15, 0.2) is 29.8 Å². The highest BCUT2D eigenvalue weighted by atomic mass is 35.5. The van der Waals surface area contributed by atoms with Crippen LogP contribution in [0, 0.1) is 5.82 Å². The molecular weight excluding hydrogens is 241 g/mol. The molecule has 2 nitrogen and oxygen atoms in total. The predicted octanol–water partition coefficient (Wildman–Crippen LogP) is 2.79. The van der Waals surface area contributed by atoms with Crippen molar-refractivity contribution in [2.45, 2.75) is 17.9 Å². The summed E-state index contributed by atoms with van der Waals surface area (Å²) in [6.45, 7) is 1.78. The van der Waals surface area contributed by atoms with E-state index in [-0.39, 0.29) is 11.7 Å². The fourth-order valence-electron chi connectivity index (χ4n) is 2.49. The summed E-state index contributed by atoms with van der Waals surface area (Å²) in [5, 5.41) is 3.30. The first-order valence-corrected chi connectivity index (χ1v) is 6.20. The lowest BCUT2D eigenvalue weighted by atomic mass is 9.90. The van der Waals surface area contributed by atoms with Crippen LogP contribution in [0.25, 0.3) is 0 Å². The molecule has 4 heteroatoms. The van der Waals surface area contributed by atoms with Gasteiger partial charge in [-0.2, -0.15) is 0 Å². The minimum absolute atomic E-state index is 0.0323. The van der Waals surface area contributed by atoms with Crippen LogP contribution in [-0.4, -0.2) is 18.7 Å². The van der Waals surface area contributed by atoms with Gasteiger partial charge in [-0.15, -0.1) is 0 Å². The first kappa shape index (κ1) is 11.1. The van der Waals surface area contributed by atoms with Crippen LogP contribution in [0.3, 0.4) is 0 Å². The molecule has 0 amide bonds. The SMILES string of the molecule is Fc1cccc2c1OC(Cl)C2C1=CCCNC1. The molecule has 0 bridgehead atoms. The topological polar surface area (TPSA) is 21.3 Å². The Hall–Kier alpha value is -1.06. The number of para-hydroxylation sites is 1. The van der Waals surface area contributed by atoms with Crippen molar-refractivity contribution in [2.75, 3.05) is 13.1 Å². The highest BCUT2D eigenvalue weighted by Gasteiger charge is 2.37. The van der Waals surface area contributed by atoms with Gasteiger partial charge in [0.1, 0.15) is 0 Å². The van der Waals surface area contributed by atoms with Crippen molar-refractivity contribution < 1.29 is 9.13 Å². The Balaban J connectivity index is 2.02. The Morgan fingerprint density at radius 1 is 1.41 bits per heavy atom. The van der Waals surface area contributed by atoms with Crippen LogP contribution in [0.5, 0.6) is 5.75 Å². The van der Waals surface area contributed by atoms with Crippen LogP contribution in [0.1, 0.15) is 17.9 Å². The highest BCUT2D eigenvalue weighted by Crippen LogP contribution is 2.45. The molecule has 2 aliphatic heterocycles. The van der Waals surface area contributed by atoms with Gasteiger partial charge in [-0.3, -0.25) is 0 Å². The molecule has 0 saturated heterocycles. The predicted molar refractivity (Wildman–Crippen MR) is 65.0 cm³/mol. The molecular formula is C13H13ClFNO. The molecule has 0 aromatic heterocycles. The Bertz CT molecular complexity index is 474. The molecule has 1 N–H and O–H groups in total. The average molecular weight is 254 g/mol. The number of benzene rings is 1. The van der Waals surface area contributed by atoms with E-state index in [4.69, 9.17) is 16.3 Å². The Labute approximate surface area is 104 Å². The van der Waals surface area contributed by atoms with Crippen LogP contribution >= 0.6 is 11.6 Å². The number of fused-ring (bicyclic) bond motifs is 1. The summed E-state index contributed by atoms with van der Waals surface area (Å²) in [5.41, 5.74) is 1.55. The fraction of sp³-hybridized carbons (Fsp3) is 0.385. The molecule has 17 heavy (non-hydrogen) atoms. The van der Waals surface area contributed by atoms with E-state index < -0.39 is 5.56 Å². The van der Waals surface area contributed by atoms with Gasteiger partial charge >= 0.3 is 0 Å². The monoisotopic (exact) mass is 253 g/mol. The zero-order valence-electron chi connectivity index (χ0n) is 9.25. The lowest BCUT2D eigenvalue weighted by Gasteiger charge is -2.21. The summed E-state index contributed by atoms with van der Waals surface area (Å²) < 4.78 is 19.0. The summed E-state index contributed by atoms with van der Waals surface area (Å²) in [4.78, 5) is 0. The molecule has 3 rings (SSSR count). The zero-order chi connectivity index (χ0) is 11.8.